The first-order valence-electron chi connectivity index (χ1n) is 42.4. The van der Waals surface area contributed by atoms with Crippen molar-refractivity contribution in [2.45, 2.75) is 63.4 Å². The second-order valence-electron chi connectivity index (χ2n) is 27.1. The normalized spacial score (nSPS) is 12.5. The van der Waals surface area contributed by atoms with E-state index in [0.29, 0.717) is 349 Å². The molecular formula is C85H142ClN5O30. The van der Waals surface area contributed by atoms with Gasteiger partial charge in [-0.15, -0.1) is 11.6 Å². The lowest BCUT2D eigenvalue weighted by atomic mass is 9.98. The summed E-state index contributed by atoms with van der Waals surface area (Å²) in [4.78, 5) is 52.6. The van der Waals surface area contributed by atoms with Gasteiger partial charge in [-0.1, -0.05) is 68.4 Å². The van der Waals surface area contributed by atoms with E-state index in [1.165, 1.54) is 0 Å². The Morgan fingerprint density at radius 3 is 0.950 bits per heavy atom. The fourth-order valence-electron chi connectivity index (χ4n) is 11.3. The highest BCUT2D eigenvalue weighted by Gasteiger charge is 2.32. The molecule has 3 aromatic carbocycles. The number of ether oxygens (including phenoxy) is 26. The van der Waals surface area contributed by atoms with Gasteiger partial charge >= 0.3 is 12.1 Å². The van der Waals surface area contributed by atoms with Crippen molar-refractivity contribution >= 4 is 41.2 Å². The van der Waals surface area contributed by atoms with Crippen LogP contribution in [0, 0.1) is 5.92 Å². The Morgan fingerprint density at radius 2 is 0.661 bits per heavy atom. The minimum atomic E-state index is -1.03. The van der Waals surface area contributed by atoms with Gasteiger partial charge in [0, 0.05) is 37.7 Å². The van der Waals surface area contributed by atoms with Gasteiger partial charge in [-0.25, -0.2) is 9.59 Å². The van der Waals surface area contributed by atoms with Gasteiger partial charge in [-0.2, -0.15) is 0 Å². The number of alkyl halides is 1. The molecule has 6 N–H and O–H groups in total. The number of alkyl carbamates (subject to hydrolysis) is 1. The van der Waals surface area contributed by atoms with Crippen LogP contribution in [0.3, 0.4) is 0 Å². The molecule has 694 valence electrons. The Labute approximate surface area is 720 Å². The van der Waals surface area contributed by atoms with Gasteiger partial charge in [0.25, 0.3) is 0 Å². The molecule has 0 radical (unpaired) electrons. The Morgan fingerprint density at radius 1 is 0.364 bits per heavy atom. The van der Waals surface area contributed by atoms with Crippen LogP contribution < -0.4 is 27.0 Å². The first kappa shape index (κ1) is 108. The van der Waals surface area contributed by atoms with E-state index in [-0.39, 0.29) is 37.3 Å². The summed E-state index contributed by atoms with van der Waals surface area (Å²) in [6, 6.07) is 18.7. The number of nitrogens with two attached hydrogens (primary N) is 1. The van der Waals surface area contributed by atoms with E-state index in [9.17, 15) is 19.2 Å². The number of carbonyl (C=O) groups excluding carboxylic acids is 4. The number of primary amides is 1. The van der Waals surface area contributed by atoms with Crippen LogP contribution in [-0.2, 0) is 145 Å². The Hall–Kier alpha value is -5.57. The van der Waals surface area contributed by atoms with Gasteiger partial charge in [0.1, 0.15) is 18.7 Å². The lowest BCUT2D eigenvalue weighted by molar-refractivity contribution is -0.128. The summed E-state index contributed by atoms with van der Waals surface area (Å²) < 4.78 is 144. The van der Waals surface area contributed by atoms with Crippen LogP contribution in [0.5, 0.6) is 0 Å². The molecule has 0 fully saturated rings. The van der Waals surface area contributed by atoms with Crippen LogP contribution in [0.15, 0.2) is 66.7 Å². The minimum Gasteiger partial charge on any atom is -0.449 e. The van der Waals surface area contributed by atoms with Crippen molar-refractivity contribution in [3.05, 3.63) is 89.0 Å². The number of aryl methyl sites for hydroxylation is 1. The highest BCUT2D eigenvalue weighted by molar-refractivity contribution is 6.17. The number of amides is 5. The van der Waals surface area contributed by atoms with Crippen LogP contribution in [0.1, 0.15) is 61.3 Å². The van der Waals surface area contributed by atoms with Gasteiger partial charge in [-0.05, 0) is 77.1 Å². The first-order valence-corrected chi connectivity index (χ1v) is 42.9. The molecule has 1 aliphatic rings. The third kappa shape index (κ3) is 59.1. The quantitative estimate of drug-likeness (QED) is 0.0327. The molecule has 0 aromatic heterocycles. The summed E-state index contributed by atoms with van der Waals surface area (Å²) in [5, 5.41) is 11.0. The molecule has 0 bridgehead atoms. The summed E-state index contributed by atoms with van der Waals surface area (Å²) in [7, 11) is 1.64. The van der Waals surface area contributed by atoms with Crippen molar-refractivity contribution in [3.63, 3.8) is 0 Å². The van der Waals surface area contributed by atoms with Gasteiger partial charge < -0.3 is 150 Å². The number of fused-ring (bicyclic) bond motifs is 3. The summed E-state index contributed by atoms with van der Waals surface area (Å²) in [5.74, 6) is -1.31. The van der Waals surface area contributed by atoms with Crippen molar-refractivity contribution < 1.29 is 142 Å². The van der Waals surface area contributed by atoms with Gasteiger partial charge in [0.05, 0.1) is 317 Å². The van der Waals surface area contributed by atoms with Gasteiger partial charge in [-0.3, -0.25) is 9.59 Å². The number of nitrogens with one attached hydrogen (secondary N) is 4. The first-order chi connectivity index (χ1) is 59.6. The number of anilines is 1. The van der Waals surface area contributed by atoms with Gasteiger partial charge in [0.2, 0.25) is 11.8 Å². The minimum absolute atomic E-state index is 0.0703. The Balaban J connectivity index is 0.797. The fourth-order valence-corrected chi connectivity index (χ4v) is 11.6. The summed E-state index contributed by atoms with van der Waals surface area (Å²) >= 11 is 6.33. The standard InChI is InChI=1S/C85H142ClN5O30/c1-71(2)81(91-85(95)121-70-79-77-13-6-4-11-75(77)76-12-5-7-14-78(76)79)83(93)90-80(15-8-18-88-84(87)94)82(92)89-74-17-16-73(69-86)72(68-74)10-9-19-97-22-23-99-26-27-101-30-31-103-34-35-105-38-39-107-42-43-109-46-47-111-50-51-113-54-55-115-58-59-117-62-63-119-66-67-120-65-64-118-61-60-116-57-56-114-53-52-112-49-48-110-45-44-108-41-40-106-37-36-104-33-32-102-29-28-100-25-24-98-21-20-96-3/h4-7,11-14,16-17,68,71,79-81H,8-10,15,18-67,69-70H2,1-3H3,(H,89,92)(H,90,93)(H,91,95)(H3,87,88,94)/t80-,81-/m0/s1. The van der Waals surface area contributed by atoms with Crippen LogP contribution in [0.4, 0.5) is 15.3 Å². The second kappa shape index (κ2) is 79.1. The maximum atomic E-state index is 13.9. The molecule has 1 aliphatic carbocycles. The highest BCUT2D eigenvalue weighted by Crippen LogP contribution is 2.44. The number of halogens is 1. The number of hydrogen-bond acceptors (Lipinski definition) is 30. The second-order valence-corrected chi connectivity index (χ2v) is 27.4. The largest absolute Gasteiger partial charge is 0.449 e. The maximum Gasteiger partial charge on any atom is 0.407 e. The number of methoxy groups -OCH3 is 1. The third-order valence-electron chi connectivity index (χ3n) is 17.5. The van der Waals surface area contributed by atoms with E-state index in [1.54, 1.807) is 27.0 Å². The van der Waals surface area contributed by atoms with Crippen LogP contribution in [0.25, 0.3) is 11.1 Å². The summed E-state index contributed by atoms with van der Waals surface area (Å²) in [5.41, 5.74) is 11.9. The molecule has 0 saturated heterocycles. The highest BCUT2D eigenvalue weighted by atomic mass is 35.5. The van der Waals surface area contributed by atoms with Crippen molar-refractivity contribution in [1.29, 1.82) is 0 Å². The molecule has 35 nitrogen and oxygen atoms in total. The topological polar surface area (TPSA) is 382 Å². The summed E-state index contributed by atoms with van der Waals surface area (Å²) in [6.45, 7) is 27.1. The van der Waals surface area contributed by atoms with E-state index in [0.717, 1.165) is 33.4 Å². The molecule has 3 aromatic rings. The zero-order valence-corrected chi connectivity index (χ0v) is 72.7. The third-order valence-corrected chi connectivity index (χ3v) is 17.8. The Kier molecular flexibility index (Phi) is 70.4. The predicted octanol–water partition coefficient (Wildman–Crippen LogP) is 5.84. The Bertz CT molecular complexity index is 2900. The lowest BCUT2D eigenvalue weighted by Crippen LogP contribution is -2.54. The summed E-state index contributed by atoms with van der Waals surface area (Å²) in [6.07, 6.45) is 1.04. The van der Waals surface area contributed by atoms with E-state index in [2.05, 4.69) is 33.4 Å². The lowest BCUT2D eigenvalue weighted by Gasteiger charge is -2.25. The zero-order chi connectivity index (χ0) is 86.2. The van der Waals surface area contributed by atoms with Crippen LogP contribution in [-0.4, -0.2) is 380 Å². The predicted molar refractivity (Wildman–Crippen MR) is 450 cm³/mol. The number of benzene rings is 3. The van der Waals surface area contributed by atoms with Crippen LogP contribution in [0.2, 0.25) is 0 Å². The molecule has 36 heteroatoms. The number of carbonyl (C=O) groups is 4. The molecule has 2 atom stereocenters. The molecule has 0 spiro atoms. The van der Waals surface area contributed by atoms with Gasteiger partial charge in [0.15, 0.2) is 0 Å². The number of urea groups is 1. The molecule has 0 aliphatic heterocycles. The average Bonchev–Trinajstić information content (AvgIpc) is 1.62. The van der Waals surface area contributed by atoms with Crippen molar-refractivity contribution in [2.24, 2.45) is 11.7 Å². The molecule has 0 saturated carbocycles. The SMILES string of the molecule is COCCOCCOCCOCCOCCOCCOCCOCCOCCOCCOCCOCCOCCOCCOCCOCCOCCOCCOCCOCCOCCOCCOCCOCCOCCCc1cc(NC(=O)[C@H](CCCNC(N)=O)NC(=O)[C@@H](NC(=O)OCC2c3ccccc3-c3ccccc32)C(C)C)ccc1CCl. The van der Waals surface area contributed by atoms with E-state index < -0.39 is 36.0 Å². The molecular weight excluding hydrogens is 1610 g/mol. The molecule has 0 unspecified atom stereocenters. The van der Waals surface area contributed by atoms with Crippen LogP contribution >= 0.6 is 11.6 Å². The monoisotopic (exact) mass is 1750 g/mol. The molecule has 5 amide bonds. The van der Waals surface area contributed by atoms with E-state index in [1.807, 2.05) is 48.5 Å². The number of rotatable bonds is 89. The molecule has 121 heavy (non-hydrogen) atoms. The van der Waals surface area contributed by atoms with Crippen molar-refractivity contribution in [2.75, 3.05) is 349 Å². The van der Waals surface area contributed by atoms with Crippen molar-refractivity contribution in [1.82, 2.24) is 16.0 Å². The van der Waals surface area contributed by atoms with E-state index >= 15 is 0 Å². The molecule has 4 rings (SSSR count). The van der Waals surface area contributed by atoms with Crippen molar-refractivity contribution in [3.8, 4) is 11.1 Å². The fraction of sp³-hybridized carbons (Fsp3) is 0.741. The van der Waals surface area contributed by atoms with E-state index in [4.69, 9.17) is 140 Å². The average molecular weight is 1750 g/mol. The molecule has 0 heterocycles. The zero-order valence-electron chi connectivity index (χ0n) is 72.0. The smallest absolute Gasteiger partial charge is 0.407 e. The number of hydrogen-bond donors (Lipinski definition) is 5. The maximum absolute atomic E-state index is 13.9.